The Morgan fingerprint density at radius 1 is 1.14 bits per heavy atom. The summed E-state index contributed by atoms with van der Waals surface area (Å²) in [7, 11) is 0. The first-order valence-corrected chi connectivity index (χ1v) is 10.1. The largest absolute Gasteiger partial charge is 0.320 e. The molecule has 4 rings (SSSR count). The van der Waals surface area contributed by atoms with E-state index in [2.05, 4.69) is 15.3 Å². The molecule has 0 spiro atoms. The third-order valence-corrected chi connectivity index (χ3v) is 5.72. The van der Waals surface area contributed by atoms with E-state index >= 15 is 0 Å². The van der Waals surface area contributed by atoms with E-state index in [0.29, 0.717) is 5.01 Å². The molecule has 0 unspecified atom stereocenters. The number of halogens is 2. The normalized spacial score (nSPS) is 10.8. The summed E-state index contributed by atoms with van der Waals surface area (Å²) in [6.45, 7) is -0.448. The van der Waals surface area contributed by atoms with Crippen molar-refractivity contribution in [1.29, 1.82) is 0 Å². The number of thiophene rings is 1. The quantitative estimate of drug-likeness (QED) is 0.519. The summed E-state index contributed by atoms with van der Waals surface area (Å²) >= 11 is 2.83. The Morgan fingerprint density at radius 2 is 1.93 bits per heavy atom. The number of anilines is 1. The first-order valence-electron chi connectivity index (χ1n) is 8.31. The first kappa shape index (κ1) is 19.1. The molecule has 0 atom stereocenters. The van der Waals surface area contributed by atoms with Crippen molar-refractivity contribution >= 4 is 34.3 Å². The molecule has 0 aliphatic rings. The highest BCUT2D eigenvalue weighted by molar-refractivity contribution is 7.15. The van der Waals surface area contributed by atoms with Crippen LogP contribution in [0.2, 0.25) is 0 Å². The highest BCUT2D eigenvalue weighted by Gasteiger charge is 2.16. The molecule has 3 heterocycles. The van der Waals surface area contributed by atoms with Crippen LogP contribution in [0.1, 0.15) is 0 Å². The number of para-hydroxylation sites is 1. The van der Waals surface area contributed by atoms with E-state index in [9.17, 15) is 18.4 Å². The van der Waals surface area contributed by atoms with Gasteiger partial charge in [0.05, 0.1) is 22.5 Å². The van der Waals surface area contributed by atoms with Gasteiger partial charge in [-0.05, 0) is 23.6 Å². The molecule has 0 aliphatic carbocycles. The van der Waals surface area contributed by atoms with E-state index < -0.39 is 35.3 Å². The second kappa shape index (κ2) is 8.02. The van der Waals surface area contributed by atoms with Crippen LogP contribution in [0, 0.1) is 11.6 Å². The van der Waals surface area contributed by atoms with Crippen LogP contribution >= 0.6 is 22.7 Å². The van der Waals surface area contributed by atoms with Crippen LogP contribution in [0.4, 0.5) is 14.5 Å². The van der Waals surface area contributed by atoms with E-state index in [1.807, 2.05) is 22.9 Å². The number of carbonyl (C=O) groups is 1. The summed E-state index contributed by atoms with van der Waals surface area (Å²) < 4.78 is 28.4. The lowest BCUT2D eigenvalue weighted by Crippen LogP contribution is -2.29. The van der Waals surface area contributed by atoms with Crippen molar-refractivity contribution in [2.24, 2.45) is 0 Å². The monoisotopic (exact) mass is 430 g/mol. The molecule has 6 nitrogen and oxygen atoms in total. The maximum absolute atomic E-state index is 13.7. The summed E-state index contributed by atoms with van der Waals surface area (Å²) in [5.74, 6) is -2.56. The molecule has 146 valence electrons. The minimum absolute atomic E-state index is 0.241. The number of benzene rings is 1. The van der Waals surface area contributed by atoms with Crippen LogP contribution < -0.4 is 10.9 Å². The molecule has 0 aliphatic heterocycles. The summed E-state index contributed by atoms with van der Waals surface area (Å²) in [6.07, 6.45) is 2.57. The maximum atomic E-state index is 13.7. The number of nitrogens with zero attached hydrogens (tertiary/aromatic N) is 3. The molecule has 1 N–H and O–H groups in total. The SMILES string of the molecule is O=C(Cn1cncc(-c2nc(-c3cccs3)cs2)c1=O)Nc1c(F)cccc1F. The third-order valence-electron chi connectivity index (χ3n) is 3.95. The Morgan fingerprint density at radius 3 is 2.66 bits per heavy atom. The molecule has 0 saturated heterocycles. The van der Waals surface area contributed by atoms with Gasteiger partial charge in [0.25, 0.3) is 5.56 Å². The van der Waals surface area contributed by atoms with Crippen LogP contribution in [0.3, 0.4) is 0 Å². The van der Waals surface area contributed by atoms with Crippen molar-refractivity contribution < 1.29 is 13.6 Å². The molecule has 0 saturated carbocycles. The Kier molecular flexibility index (Phi) is 5.28. The first-order chi connectivity index (χ1) is 14.0. The molecule has 4 aromatic rings. The van der Waals surface area contributed by atoms with E-state index in [-0.39, 0.29) is 5.56 Å². The number of thiazole rings is 1. The minimum Gasteiger partial charge on any atom is -0.320 e. The van der Waals surface area contributed by atoms with Gasteiger partial charge in [-0.15, -0.1) is 22.7 Å². The van der Waals surface area contributed by atoms with E-state index in [1.54, 1.807) is 0 Å². The summed E-state index contributed by atoms with van der Waals surface area (Å²) in [4.78, 5) is 34.4. The number of carbonyl (C=O) groups excluding carboxylic acids is 1. The number of amides is 1. The fourth-order valence-corrected chi connectivity index (χ4v) is 4.18. The molecule has 0 fully saturated rings. The number of hydrogen-bond acceptors (Lipinski definition) is 6. The van der Waals surface area contributed by atoms with Gasteiger partial charge in [0.2, 0.25) is 5.91 Å². The second-order valence-corrected chi connectivity index (χ2v) is 7.71. The Hall–Kier alpha value is -3.24. The lowest BCUT2D eigenvalue weighted by Gasteiger charge is -2.09. The van der Waals surface area contributed by atoms with Crippen molar-refractivity contribution in [2.75, 3.05) is 5.32 Å². The standard InChI is InChI=1S/C19H12F2N4O2S2/c20-12-3-1-4-13(21)17(12)24-16(26)8-25-10-22-7-11(19(25)27)18-23-14(9-29-18)15-5-2-6-28-15/h1-7,9-10H,8H2,(H,24,26). The lowest BCUT2D eigenvalue weighted by atomic mass is 10.3. The van der Waals surface area contributed by atoms with Gasteiger partial charge in [0.15, 0.2) is 0 Å². The van der Waals surface area contributed by atoms with Gasteiger partial charge in [-0.1, -0.05) is 12.1 Å². The average Bonchev–Trinajstić information content (AvgIpc) is 3.38. The minimum atomic E-state index is -0.901. The van der Waals surface area contributed by atoms with Crippen LogP contribution in [0.5, 0.6) is 0 Å². The van der Waals surface area contributed by atoms with Gasteiger partial charge < -0.3 is 5.32 Å². The molecule has 1 amide bonds. The number of hydrogen-bond donors (Lipinski definition) is 1. The van der Waals surface area contributed by atoms with E-state index in [0.717, 1.165) is 27.3 Å². The van der Waals surface area contributed by atoms with Crippen LogP contribution in [-0.2, 0) is 11.3 Å². The van der Waals surface area contributed by atoms with E-state index in [1.165, 1.54) is 41.3 Å². The summed E-state index contributed by atoms with van der Waals surface area (Å²) in [5, 5.41) is 6.39. The fraction of sp³-hybridized carbons (Fsp3) is 0.0526. The number of aromatic nitrogens is 3. The van der Waals surface area contributed by atoms with E-state index in [4.69, 9.17) is 0 Å². The smallest absolute Gasteiger partial charge is 0.264 e. The maximum Gasteiger partial charge on any atom is 0.264 e. The second-order valence-electron chi connectivity index (χ2n) is 5.90. The van der Waals surface area contributed by atoms with Gasteiger partial charge in [-0.3, -0.25) is 14.2 Å². The van der Waals surface area contributed by atoms with Crippen molar-refractivity contribution in [3.05, 3.63) is 75.6 Å². The van der Waals surface area contributed by atoms with Crippen LogP contribution in [-0.4, -0.2) is 20.4 Å². The average molecular weight is 430 g/mol. The summed E-state index contributed by atoms with van der Waals surface area (Å²) in [5.41, 5.74) is -0.0424. The van der Waals surface area contributed by atoms with Crippen molar-refractivity contribution in [2.45, 2.75) is 6.54 Å². The number of rotatable bonds is 5. The molecular formula is C19H12F2N4O2S2. The highest BCUT2D eigenvalue weighted by Crippen LogP contribution is 2.29. The van der Waals surface area contributed by atoms with Gasteiger partial charge in [0, 0.05) is 11.6 Å². The zero-order valence-corrected chi connectivity index (χ0v) is 16.3. The predicted octanol–water partition coefficient (Wildman–Crippen LogP) is 4.01. The lowest BCUT2D eigenvalue weighted by molar-refractivity contribution is -0.116. The van der Waals surface area contributed by atoms with Gasteiger partial charge in [0.1, 0.15) is 28.9 Å². The Bertz CT molecular complexity index is 1210. The van der Waals surface area contributed by atoms with Crippen molar-refractivity contribution in [3.8, 4) is 21.1 Å². The molecule has 3 aromatic heterocycles. The zero-order valence-electron chi connectivity index (χ0n) is 14.6. The third kappa shape index (κ3) is 3.98. The van der Waals surface area contributed by atoms with Gasteiger partial charge in [-0.25, -0.2) is 18.7 Å². The molecule has 0 bridgehead atoms. The van der Waals surface area contributed by atoms with Crippen LogP contribution in [0.25, 0.3) is 21.1 Å². The Balaban J connectivity index is 1.57. The molecule has 10 heteroatoms. The summed E-state index contributed by atoms with van der Waals surface area (Å²) in [6, 6.07) is 7.09. The number of nitrogens with one attached hydrogen (secondary N) is 1. The molecule has 29 heavy (non-hydrogen) atoms. The predicted molar refractivity (Wildman–Crippen MR) is 108 cm³/mol. The topological polar surface area (TPSA) is 76.9 Å². The van der Waals surface area contributed by atoms with Crippen molar-refractivity contribution in [1.82, 2.24) is 14.5 Å². The zero-order chi connectivity index (χ0) is 20.4. The van der Waals surface area contributed by atoms with Crippen LogP contribution in [0.15, 0.2) is 58.4 Å². The molecule has 0 radical (unpaired) electrons. The molecular weight excluding hydrogens is 418 g/mol. The Labute approximate surface area is 171 Å². The van der Waals surface area contributed by atoms with Gasteiger partial charge in [-0.2, -0.15) is 0 Å². The molecule has 1 aromatic carbocycles. The van der Waals surface area contributed by atoms with Crippen molar-refractivity contribution in [3.63, 3.8) is 0 Å². The highest BCUT2D eigenvalue weighted by atomic mass is 32.1. The van der Waals surface area contributed by atoms with Gasteiger partial charge >= 0.3 is 0 Å². The fourth-order valence-electron chi connectivity index (χ4n) is 2.60.